The summed E-state index contributed by atoms with van der Waals surface area (Å²) in [6.45, 7) is 23.6. The average Bonchev–Trinajstić information content (AvgIpc) is 1.58. The molecule has 2 aliphatic rings. The van der Waals surface area contributed by atoms with E-state index in [1.165, 1.54) is 6.92 Å². The summed E-state index contributed by atoms with van der Waals surface area (Å²) < 4.78 is 49.1. The lowest BCUT2D eigenvalue weighted by Crippen LogP contribution is -2.62. The molecule has 0 saturated carbocycles. The third-order valence-corrected chi connectivity index (χ3v) is 21.0. The van der Waals surface area contributed by atoms with Gasteiger partial charge < -0.3 is 56.7 Å². The molecule has 105 heavy (non-hydrogen) atoms. The van der Waals surface area contributed by atoms with Crippen LogP contribution in [0.3, 0.4) is 0 Å². The molecule has 24 heteroatoms. The molecule has 8 rings (SSSR count). The van der Waals surface area contributed by atoms with Gasteiger partial charge in [-0.05, 0) is 174 Å². The number of Topliss-reactive ketones (excluding diaryl/α,β-unsaturated/α-hetero) is 1. The predicted molar refractivity (Wildman–Crippen MR) is 404 cm³/mol. The number of ether oxygens (including phenoxy) is 3. The molecule has 0 saturated heterocycles. The van der Waals surface area contributed by atoms with Gasteiger partial charge in [0.2, 0.25) is 41.4 Å². The lowest BCUT2D eigenvalue weighted by molar-refractivity contribution is -0.140. The Balaban J connectivity index is 0.980. The molecule has 0 bridgehead atoms. The first-order valence-electron chi connectivity index (χ1n) is 36.1. The summed E-state index contributed by atoms with van der Waals surface area (Å²) >= 11 is 0. The number of amides is 7. The Morgan fingerprint density at radius 1 is 0.629 bits per heavy atom. The lowest BCUT2D eigenvalue weighted by Gasteiger charge is -2.37. The third-order valence-electron chi connectivity index (χ3n) is 19.4. The van der Waals surface area contributed by atoms with Gasteiger partial charge in [-0.1, -0.05) is 174 Å². The van der Waals surface area contributed by atoms with Gasteiger partial charge in [0.1, 0.15) is 47.7 Å². The van der Waals surface area contributed by atoms with E-state index < -0.39 is 135 Å². The van der Waals surface area contributed by atoms with Gasteiger partial charge in [-0.15, -0.1) is 0 Å². The first kappa shape index (κ1) is 80.7. The second-order valence-electron chi connectivity index (χ2n) is 29.5. The van der Waals surface area contributed by atoms with Crippen molar-refractivity contribution in [2.45, 2.75) is 206 Å². The van der Waals surface area contributed by atoms with Crippen LogP contribution in [0, 0.1) is 38.0 Å². The van der Waals surface area contributed by atoms with E-state index in [2.05, 4.69) is 47.3 Å². The van der Waals surface area contributed by atoms with E-state index in [0.29, 0.717) is 41.7 Å². The van der Waals surface area contributed by atoms with Crippen LogP contribution in [0.25, 0.3) is 11.1 Å². The van der Waals surface area contributed by atoms with Crippen molar-refractivity contribution in [3.8, 4) is 16.9 Å². The van der Waals surface area contributed by atoms with Crippen LogP contribution in [0.5, 0.6) is 5.75 Å². The number of hydrogen-bond acceptors (Lipinski definition) is 14. The Kier molecular flexibility index (Phi) is 27.1. The van der Waals surface area contributed by atoms with E-state index in [4.69, 9.17) is 19.6 Å². The van der Waals surface area contributed by atoms with Crippen molar-refractivity contribution < 1.29 is 61.0 Å². The maximum absolute atomic E-state index is 15.0. The van der Waals surface area contributed by atoms with Crippen LogP contribution >= 0.6 is 0 Å². The maximum atomic E-state index is 15.0. The quantitative estimate of drug-likeness (QED) is 0.00814. The third kappa shape index (κ3) is 20.5. The fourth-order valence-corrected chi connectivity index (χ4v) is 15.3. The highest BCUT2D eigenvalue weighted by atomic mass is 32.2. The number of ketones is 1. The fourth-order valence-electron chi connectivity index (χ4n) is 13.8. The SMILES string of the molecule is CC[C@H](C)[C@H](NC(=O)[C@H](CCCNC(=N)NS(=O)(=O)c1c(C)c(C)c2c(c1C)CCC(C)(C)O2)NC(=O)[C@H](CC(C)C)NC(=O)OCC1c2ccccc2-c2ccccc21)C(=O)N[C@H](C(=O)NCC(=O)N[C@@H](CC(=O)NC(c1ccccc1)(c1ccccc1)c1ccccc1)C(C)=O)[C@@H](C)OC(C)(C)C. The van der Waals surface area contributed by atoms with Crippen molar-refractivity contribution in [3.63, 3.8) is 0 Å². The molecule has 6 aromatic rings. The summed E-state index contributed by atoms with van der Waals surface area (Å²) in [6, 6.07) is 37.0. The molecular formula is C81H104N10O13S. The molecule has 1 heterocycles. The number of rotatable bonds is 32. The zero-order chi connectivity index (χ0) is 76.7. The van der Waals surface area contributed by atoms with Gasteiger partial charge in [-0.25, -0.2) is 17.9 Å². The van der Waals surface area contributed by atoms with E-state index >= 15 is 4.79 Å². The number of nitrogens with one attached hydrogen (secondary N) is 10. The van der Waals surface area contributed by atoms with Crippen molar-refractivity contribution in [2.75, 3.05) is 19.7 Å². The molecule has 0 fully saturated rings. The Hall–Kier alpha value is -9.94. The normalized spacial score (nSPS) is 15.2. The first-order chi connectivity index (χ1) is 49.6. The molecule has 23 nitrogen and oxygen atoms in total. The minimum Gasteiger partial charge on any atom is -0.487 e. The molecule has 1 aliphatic heterocycles. The van der Waals surface area contributed by atoms with Crippen LogP contribution < -0.4 is 52.0 Å². The van der Waals surface area contributed by atoms with Crippen molar-refractivity contribution in [3.05, 3.63) is 190 Å². The standard InChI is InChI=1S/C81H104N10O13S/c1-15-49(4)69(76(98)89-70(54(9)103-79(10,11)12)75(97)84-46-68(94)85-65(53(8)92)45-67(93)90-81(55-30-19-16-20-31-55,56-32-21-17-22-33-56)57-34-23-18-24-35-57)88-73(95)64(40-29-43-83-77(82)91-105(100,101)72-51(6)50(5)71-58(52(72)7)41-42-80(13,14)104-71)86-74(96)66(44-48(2)3)87-78(99)102-47-63-61-38-27-25-36-59(61)60-37-26-28-39-62(60)63/h16-28,30-39,48-49,54,63-66,69-70H,15,29,40-47H2,1-14H3,(H,84,97)(H,85,94)(H,86,96)(H,87,99)(H,88,95)(H,89,98)(H,90,93)(H3,82,83,91)/t49-,54+,64-,65-,66-,69-,70-/m0/s1. The van der Waals surface area contributed by atoms with Gasteiger partial charge in [0.25, 0.3) is 10.0 Å². The molecule has 6 aromatic carbocycles. The minimum absolute atomic E-state index is 0.0372. The number of carbonyl (C=O) groups excluding carboxylic acids is 8. The zero-order valence-corrected chi connectivity index (χ0v) is 63.6. The molecule has 0 unspecified atom stereocenters. The zero-order valence-electron chi connectivity index (χ0n) is 62.8. The smallest absolute Gasteiger partial charge is 0.407 e. The van der Waals surface area contributed by atoms with E-state index in [0.717, 1.165) is 44.5 Å². The number of carbonyl (C=O) groups is 8. The van der Waals surface area contributed by atoms with Gasteiger partial charge in [-0.3, -0.25) is 39.0 Å². The number of hydrogen-bond donors (Lipinski definition) is 10. The van der Waals surface area contributed by atoms with Crippen molar-refractivity contribution in [1.82, 2.24) is 47.3 Å². The molecular weight excluding hydrogens is 1350 g/mol. The Morgan fingerprint density at radius 3 is 1.70 bits per heavy atom. The number of benzene rings is 6. The molecule has 1 aliphatic carbocycles. The summed E-state index contributed by atoms with van der Waals surface area (Å²) in [5.74, 6) is -6.17. The van der Waals surface area contributed by atoms with E-state index in [1.54, 1.807) is 55.4 Å². The predicted octanol–water partition coefficient (Wildman–Crippen LogP) is 9.64. The fraction of sp³-hybridized carbons (Fsp3) is 0.444. The van der Waals surface area contributed by atoms with Gasteiger partial charge in [-0.2, -0.15) is 0 Å². The Bertz CT molecular complexity index is 4100. The van der Waals surface area contributed by atoms with Crippen LogP contribution in [-0.2, 0) is 65.0 Å². The number of guanidine groups is 1. The molecule has 10 N–H and O–H groups in total. The van der Waals surface area contributed by atoms with Crippen LogP contribution in [0.2, 0.25) is 0 Å². The van der Waals surface area contributed by atoms with Crippen molar-refractivity contribution in [1.29, 1.82) is 5.41 Å². The Morgan fingerprint density at radius 2 is 1.16 bits per heavy atom. The monoisotopic (exact) mass is 1460 g/mol. The average molecular weight is 1460 g/mol. The second-order valence-corrected chi connectivity index (χ2v) is 31.1. The molecule has 0 radical (unpaired) electrons. The highest BCUT2D eigenvalue weighted by molar-refractivity contribution is 7.90. The lowest BCUT2D eigenvalue weighted by atomic mass is 9.77. The molecule has 7 amide bonds. The van der Waals surface area contributed by atoms with Crippen LogP contribution in [0.1, 0.15) is 171 Å². The molecule has 562 valence electrons. The molecule has 7 atom stereocenters. The highest BCUT2D eigenvalue weighted by Gasteiger charge is 2.41. The number of alkyl carbamates (subject to hydrolysis) is 1. The van der Waals surface area contributed by atoms with Gasteiger partial charge in [0.15, 0.2) is 5.78 Å². The summed E-state index contributed by atoms with van der Waals surface area (Å²) in [6.07, 6.45) is -0.825. The summed E-state index contributed by atoms with van der Waals surface area (Å²) in [7, 11) is -4.33. The van der Waals surface area contributed by atoms with Crippen LogP contribution in [0.4, 0.5) is 4.79 Å². The second kappa shape index (κ2) is 35.2. The summed E-state index contributed by atoms with van der Waals surface area (Å²) in [4.78, 5) is 115. The van der Waals surface area contributed by atoms with Gasteiger partial charge >= 0.3 is 6.09 Å². The first-order valence-corrected chi connectivity index (χ1v) is 37.6. The maximum Gasteiger partial charge on any atom is 0.407 e. The van der Waals surface area contributed by atoms with Crippen LogP contribution in [0.15, 0.2) is 144 Å². The van der Waals surface area contributed by atoms with Crippen molar-refractivity contribution >= 4 is 63.3 Å². The number of sulfonamides is 1. The van der Waals surface area contributed by atoms with Gasteiger partial charge in [0, 0.05) is 12.5 Å². The topological polar surface area (TPSA) is 331 Å². The molecule has 0 spiro atoms. The molecule has 0 aromatic heterocycles. The van der Waals surface area contributed by atoms with Gasteiger partial charge in [0.05, 0.1) is 35.6 Å². The van der Waals surface area contributed by atoms with Crippen molar-refractivity contribution in [2.24, 2.45) is 11.8 Å². The van der Waals surface area contributed by atoms with E-state index in [9.17, 15) is 42.0 Å². The highest BCUT2D eigenvalue weighted by Crippen LogP contribution is 2.45. The minimum atomic E-state index is -4.33. The largest absolute Gasteiger partial charge is 0.487 e. The Labute approximate surface area is 617 Å². The summed E-state index contributed by atoms with van der Waals surface area (Å²) in [5, 5.41) is 31.1. The van der Waals surface area contributed by atoms with E-state index in [1.807, 2.05) is 174 Å². The number of fused-ring (bicyclic) bond motifs is 4. The van der Waals surface area contributed by atoms with Crippen LogP contribution in [-0.4, -0.2) is 129 Å². The summed E-state index contributed by atoms with van der Waals surface area (Å²) in [5.41, 5.74) is 6.16. The van der Waals surface area contributed by atoms with E-state index in [-0.39, 0.29) is 49.1 Å².